The SMILES string of the molecule is CN(C)CC[C@H](CSc1ccccc1)Nc1ccc(S(=O)(=O)Nc2noc3cc(N4CCN(Cc5ccccc5-c5ccc(Cl)cc5)CC4)ccc23)cc1[N+](=O)[O-]. The number of aromatic nitrogens is 1. The van der Waals surface area contributed by atoms with Crippen LogP contribution in [0.15, 0.2) is 130 Å². The van der Waals surface area contributed by atoms with Gasteiger partial charge < -0.3 is 19.6 Å². The van der Waals surface area contributed by atoms with Gasteiger partial charge in [-0.25, -0.2) is 8.42 Å². The van der Waals surface area contributed by atoms with Crippen molar-refractivity contribution in [2.45, 2.75) is 28.8 Å². The molecule has 0 aliphatic carbocycles. The van der Waals surface area contributed by atoms with E-state index in [1.807, 2.05) is 80.8 Å². The van der Waals surface area contributed by atoms with Crippen LogP contribution in [0.3, 0.4) is 0 Å². The first-order valence-electron chi connectivity index (χ1n) is 18.6. The summed E-state index contributed by atoms with van der Waals surface area (Å²) in [6.45, 7) is 4.91. The second kappa shape index (κ2) is 18.0. The Morgan fingerprint density at radius 2 is 1.67 bits per heavy atom. The van der Waals surface area contributed by atoms with Crippen LogP contribution >= 0.6 is 23.4 Å². The third kappa shape index (κ3) is 10.1. The molecule has 2 N–H and O–H groups in total. The number of fused-ring (bicyclic) bond motifs is 1. The highest BCUT2D eigenvalue weighted by Gasteiger charge is 2.26. The molecule has 15 heteroatoms. The van der Waals surface area contributed by atoms with Crippen LogP contribution in [0.2, 0.25) is 5.02 Å². The Balaban J connectivity index is 1.00. The van der Waals surface area contributed by atoms with Crippen molar-refractivity contribution in [1.29, 1.82) is 0 Å². The third-order valence-corrected chi connectivity index (χ3v) is 12.7. The zero-order chi connectivity index (χ0) is 39.9. The van der Waals surface area contributed by atoms with Crippen LogP contribution in [-0.4, -0.2) is 86.9 Å². The molecule has 296 valence electrons. The van der Waals surface area contributed by atoms with Crippen LogP contribution in [0.4, 0.5) is 22.9 Å². The first kappa shape index (κ1) is 40.1. The van der Waals surface area contributed by atoms with E-state index in [-0.39, 0.29) is 28.1 Å². The fraction of sp³-hybridized carbons (Fsp3) is 0.262. The minimum Gasteiger partial charge on any atom is -0.376 e. The molecule has 1 saturated heterocycles. The van der Waals surface area contributed by atoms with Crippen molar-refractivity contribution in [2.24, 2.45) is 0 Å². The van der Waals surface area contributed by atoms with E-state index in [2.05, 4.69) is 54.2 Å². The molecule has 1 atom stereocenters. The van der Waals surface area contributed by atoms with Gasteiger partial charge in [0, 0.05) is 72.3 Å². The van der Waals surface area contributed by atoms with Gasteiger partial charge in [-0.1, -0.05) is 71.4 Å². The second-order valence-corrected chi connectivity index (χ2v) is 17.4. The summed E-state index contributed by atoms with van der Waals surface area (Å²) in [5, 5.41) is 20.8. The zero-order valence-electron chi connectivity index (χ0n) is 31.7. The minimum atomic E-state index is -4.27. The lowest BCUT2D eigenvalue weighted by Crippen LogP contribution is -2.46. The molecule has 0 saturated carbocycles. The summed E-state index contributed by atoms with van der Waals surface area (Å²) in [6.07, 6.45) is 0.726. The number of nitro groups is 1. The Morgan fingerprint density at radius 3 is 2.40 bits per heavy atom. The normalized spacial score (nSPS) is 14.2. The fourth-order valence-corrected chi connectivity index (χ4v) is 9.01. The molecule has 0 bridgehead atoms. The van der Waals surface area contributed by atoms with Crippen LogP contribution in [0.5, 0.6) is 0 Å². The quantitative estimate of drug-likeness (QED) is 0.0551. The molecule has 1 aromatic heterocycles. The number of nitrogens with zero attached hydrogens (tertiary/aromatic N) is 5. The van der Waals surface area contributed by atoms with Crippen molar-refractivity contribution in [3.8, 4) is 11.1 Å². The molecule has 6 aromatic rings. The summed E-state index contributed by atoms with van der Waals surface area (Å²) in [5.41, 5.74) is 4.87. The number of thioether (sulfide) groups is 1. The highest BCUT2D eigenvalue weighted by Crippen LogP contribution is 2.33. The number of anilines is 3. The number of sulfonamides is 1. The number of nitrogens with one attached hydrogen (secondary N) is 2. The lowest BCUT2D eigenvalue weighted by molar-refractivity contribution is -0.384. The largest absolute Gasteiger partial charge is 0.376 e. The van der Waals surface area contributed by atoms with E-state index in [0.717, 1.165) is 67.9 Å². The van der Waals surface area contributed by atoms with Gasteiger partial charge in [-0.3, -0.25) is 19.7 Å². The van der Waals surface area contributed by atoms with Crippen molar-refractivity contribution in [2.75, 3.05) is 67.5 Å². The summed E-state index contributed by atoms with van der Waals surface area (Å²) in [4.78, 5) is 19.3. The Hall–Kier alpha value is -5.12. The van der Waals surface area contributed by atoms with Gasteiger partial charge in [-0.2, -0.15) is 0 Å². The van der Waals surface area contributed by atoms with Crippen molar-refractivity contribution >= 4 is 67.2 Å². The molecule has 0 radical (unpaired) electrons. The smallest absolute Gasteiger partial charge is 0.293 e. The maximum absolute atomic E-state index is 13.6. The first-order valence-corrected chi connectivity index (χ1v) is 21.5. The predicted octanol–water partition coefficient (Wildman–Crippen LogP) is 8.70. The summed E-state index contributed by atoms with van der Waals surface area (Å²) in [5.74, 6) is 0.668. The maximum atomic E-state index is 13.6. The van der Waals surface area contributed by atoms with Gasteiger partial charge >= 0.3 is 0 Å². The van der Waals surface area contributed by atoms with Gasteiger partial charge in [0.25, 0.3) is 15.7 Å². The minimum absolute atomic E-state index is 0.00672. The number of halogens is 1. The average Bonchev–Trinajstić information content (AvgIpc) is 3.61. The summed E-state index contributed by atoms with van der Waals surface area (Å²) < 4.78 is 35.3. The summed E-state index contributed by atoms with van der Waals surface area (Å²) in [6, 6.07) is 35.7. The van der Waals surface area contributed by atoms with Crippen LogP contribution in [-0.2, 0) is 16.6 Å². The Morgan fingerprint density at radius 1 is 0.930 bits per heavy atom. The monoisotopic (exact) mass is 825 g/mol. The number of nitro benzene ring substituents is 1. The van der Waals surface area contributed by atoms with Gasteiger partial charge in [0.2, 0.25) is 0 Å². The molecule has 1 fully saturated rings. The number of rotatable bonds is 16. The first-order chi connectivity index (χ1) is 27.5. The van der Waals surface area contributed by atoms with Gasteiger partial charge in [0.1, 0.15) is 5.69 Å². The number of piperazine rings is 1. The molecule has 0 spiro atoms. The van der Waals surface area contributed by atoms with Crippen molar-refractivity contribution in [3.05, 3.63) is 136 Å². The van der Waals surface area contributed by atoms with E-state index in [9.17, 15) is 18.5 Å². The predicted molar refractivity (Wildman–Crippen MR) is 230 cm³/mol. The Labute approximate surface area is 342 Å². The molecule has 2 heterocycles. The van der Waals surface area contributed by atoms with E-state index in [1.165, 1.54) is 23.3 Å². The van der Waals surface area contributed by atoms with E-state index in [4.69, 9.17) is 16.1 Å². The zero-order valence-corrected chi connectivity index (χ0v) is 34.1. The lowest BCUT2D eigenvalue weighted by atomic mass is 9.99. The standard InChI is InChI=1S/C42H44ClN7O5S2/c1-47(2)21-20-33(29-56-35-9-4-3-5-10-35)44-39-19-17-36(27-40(39)50(51)52)57(53,54)46-42-38-18-16-34(26-41(38)55-45-42)49-24-22-48(23-25-49)28-31-8-6-7-11-37(31)30-12-14-32(43)15-13-30/h3-19,26-27,33,44H,20-25,28-29H2,1-2H3,(H,45,46)/t33-/m1/s1. The highest BCUT2D eigenvalue weighted by molar-refractivity contribution is 7.99. The van der Waals surface area contributed by atoms with Gasteiger partial charge in [-0.05, 0) is 92.3 Å². The van der Waals surface area contributed by atoms with Gasteiger partial charge in [-0.15, -0.1) is 11.8 Å². The van der Waals surface area contributed by atoms with Crippen molar-refractivity contribution in [3.63, 3.8) is 0 Å². The molecule has 1 aliphatic rings. The molecule has 0 unspecified atom stereocenters. The van der Waals surface area contributed by atoms with E-state index < -0.39 is 14.9 Å². The van der Waals surface area contributed by atoms with Gasteiger partial charge in [0.05, 0.1) is 15.2 Å². The number of hydrogen-bond acceptors (Lipinski definition) is 11. The molecule has 57 heavy (non-hydrogen) atoms. The Kier molecular flexibility index (Phi) is 12.7. The molecule has 1 aliphatic heterocycles. The fourth-order valence-electron chi connectivity index (χ4n) is 6.85. The van der Waals surface area contributed by atoms with Crippen LogP contribution in [0.25, 0.3) is 22.1 Å². The van der Waals surface area contributed by atoms with Crippen LogP contribution in [0, 0.1) is 10.1 Å². The van der Waals surface area contributed by atoms with E-state index >= 15 is 0 Å². The van der Waals surface area contributed by atoms with Crippen LogP contribution in [0.1, 0.15) is 12.0 Å². The van der Waals surface area contributed by atoms with E-state index in [0.29, 0.717) is 21.7 Å². The molecular formula is C42H44ClN7O5S2. The topological polar surface area (TPSA) is 137 Å². The van der Waals surface area contributed by atoms with Crippen LogP contribution < -0.4 is 14.9 Å². The van der Waals surface area contributed by atoms with Crippen molar-refractivity contribution in [1.82, 2.24) is 15.0 Å². The molecule has 5 aromatic carbocycles. The third-order valence-electron chi connectivity index (χ3n) is 9.95. The molecule has 12 nitrogen and oxygen atoms in total. The summed E-state index contributed by atoms with van der Waals surface area (Å²) >= 11 is 7.78. The van der Waals surface area contributed by atoms with E-state index in [1.54, 1.807) is 17.8 Å². The number of benzene rings is 5. The maximum Gasteiger partial charge on any atom is 0.293 e. The van der Waals surface area contributed by atoms with Gasteiger partial charge in [0.15, 0.2) is 11.4 Å². The number of hydrogen-bond donors (Lipinski definition) is 2. The second-order valence-electron chi connectivity index (χ2n) is 14.2. The summed E-state index contributed by atoms with van der Waals surface area (Å²) in [7, 11) is -0.319. The average molecular weight is 826 g/mol. The molecule has 7 rings (SSSR count). The molecule has 0 amide bonds. The Bertz CT molecular complexity index is 2420. The highest BCUT2D eigenvalue weighted by atomic mass is 35.5. The molecular weight excluding hydrogens is 782 g/mol. The van der Waals surface area contributed by atoms with Crippen molar-refractivity contribution < 1.29 is 17.9 Å². The lowest BCUT2D eigenvalue weighted by Gasteiger charge is -2.36.